The summed E-state index contributed by atoms with van der Waals surface area (Å²) in [5, 5.41) is 16.4. The highest BCUT2D eigenvalue weighted by molar-refractivity contribution is 7.16. The number of anilines is 1. The fourth-order valence-corrected chi connectivity index (χ4v) is 4.65. The lowest BCUT2D eigenvalue weighted by Crippen LogP contribution is -2.26. The Hall–Kier alpha value is -2.66. The normalized spacial score (nSPS) is 16.2. The number of nitriles is 1. The van der Waals surface area contributed by atoms with Crippen molar-refractivity contribution in [2.24, 2.45) is 11.3 Å². The zero-order valence-corrected chi connectivity index (χ0v) is 17.2. The highest BCUT2D eigenvalue weighted by atomic mass is 32.1. The van der Waals surface area contributed by atoms with Crippen molar-refractivity contribution >= 4 is 28.2 Å². The van der Waals surface area contributed by atoms with E-state index in [0.29, 0.717) is 22.2 Å². The minimum absolute atomic E-state index is 0.0529. The van der Waals surface area contributed by atoms with Crippen LogP contribution in [0.5, 0.6) is 0 Å². The van der Waals surface area contributed by atoms with E-state index in [-0.39, 0.29) is 11.2 Å². The van der Waals surface area contributed by atoms with Gasteiger partial charge in [-0.3, -0.25) is 4.79 Å². The van der Waals surface area contributed by atoms with Gasteiger partial charge in [-0.25, -0.2) is 4.79 Å². The molecule has 7 nitrogen and oxygen atoms in total. The molecule has 1 aliphatic carbocycles. The van der Waals surface area contributed by atoms with Gasteiger partial charge in [0.2, 0.25) is 5.76 Å². The van der Waals surface area contributed by atoms with Gasteiger partial charge in [0.25, 0.3) is 5.91 Å². The van der Waals surface area contributed by atoms with Crippen molar-refractivity contribution in [2.75, 3.05) is 11.9 Å². The zero-order chi connectivity index (χ0) is 20.5. The number of aryl methyl sites for hydroxylation is 1. The fourth-order valence-electron chi connectivity index (χ4n) is 3.36. The van der Waals surface area contributed by atoms with E-state index >= 15 is 0 Å². The van der Waals surface area contributed by atoms with Crippen LogP contribution < -0.4 is 5.32 Å². The van der Waals surface area contributed by atoms with Gasteiger partial charge >= 0.3 is 5.97 Å². The van der Waals surface area contributed by atoms with Crippen LogP contribution in [0, 0.1) is 29.6 Å². The molecule has 0 bridgehead atoms. The van der Waals surface area contributed by atoms with Crippen molar-refractivity contribution in [1.29, 1.82) is 5.26 Å². The molecule has 0 spiro atoms. The first-order chi connectivity index (χ1) is 13.2. The molecule has 8 heteroatoms. The molecule has 0 fully saturated rings. The van der Waals surface area contributed by atoms with Crippen LogP contribution in [0.4, 0.5) is 5.00 Å². The Kier molecular flexibility index (Phi) is 5.57. The summed E-state index contributed by atoms with van der Waals surface area (Å²) in [4.78, 5) is 25.2. The van der Waals surface area contributed by atoms with Gasteiger partial charge in [-0.1, -0.05) is 25.9 Å². The van der Waals surface area contributed by atoms with E-state index in [1.54, 1.807) is 6.92 Å². The highest BCUT2D eigenvalue weighted by Gasteiger charge is 2.32. The van der Waals surface area contributed by atoms with E-state index in [1.165, 1.54) is 17.4 Å². The molecule has 0 saturated heterocycles. The SMILES string of the molecule is Cc1cc(C(=O)OCC(=O)Nc2sc3c(c2C#N)CC[C@@H](C(C)(C)C)C3)on1. The van der Waals surface area contributed by atoms with Gasteiger partial charge < -0.3 is 14.6 Å². The summed E-state index contributed by atoms with van der Waals surface area (Å²) < 4.78 is 9.76. The summed E-state index contributed by atoms with van der Waals surface area (Å²) in [6.07, 6.45) is 2.78. The Morgan fingerprint density at radius 3 is 2.82 bits per heavy atom. The molecule has 0 radical (unpaired) electrons. The second-order valence-electron chi connectivity index (χ2n) is 8.08. The van der Waals surface area contributed by atoms with E-state index < -0.39 is 18.5 Å². The van der Waals surface area contributed by atoms with Crippen molar-refractivity contribution in [1.82, 2.24) is 5.16 Å². The summed E-state index contributed by atoms with van der Waals surface area (Å²) in [5.41, 5.74) is 2.31. The van der Waals surface area contributed by atoms with Crippen LogP contribution in [0.25, 0.3) is 0 Å². The second kappa shape index (κ2) is 7.76. The van der Waals surface area contributed by atoms with Crippen LogP contribution in [0.1, 0.15) is 59.4 Å². The van der Waals surface area contributed by atoms with Gasteiger partial charge in [-0.15, -0.1) is 11.3 Å². The molecule has 2 heterocycles. The first-order valence-corrected chi connectivity index (χ1v) is 9.95. The molecule has 2 aromatic heterocycles. The summed E-state index contributed by atoms with van der Waals surface area (Å²) >= 11 is 1.45. The third-order valence-electron chi connectivity index (χ3n) is 5.02. The average Bonchev–Trinajstić information content (AvgIpc) is 3.21. The molecule has 1 amide bonds. The number of aromatic nitrogens is 1. The quantitative estimate of drug-likeness (QED) is 0.780. The van der Waals surface area contributed by atoms with Gasteiger partial charge in [-0.05, 0) is 43.1 Å². The molecule has 1 atom stereocenters. The molecule has 148 valence electrons. The average molecular weight is 401 g/mol. The van der Waals surface area contributed by atoms with E-state index in [0.717, 1.165) is 29.7 Å². The van der Waals surface area contributed by atoms with E-state index in [2.05, 4.69) is 37.3 Å². The number of nitrogens with zero attached hydrogens (tertiary/aromatic N) is 2. The van der Waals surface area contributed by atoms with Crippen LogP contribution in [0.2, 0.25) is 0 Å². The summed E-state index contributed by atoms with van der Waals surface area (Å²) in [5.74, 6) is -0.760. The highest BCUT2D eigenvalue weighted by Crippen LogP contribution is 2.43. The maximum Gasteiger partial charge on any atom is 0.377 e. The maximum atomic E-state index is 12.2. The predicted molar refractivity (Wildman–Crippen MR) is 104 cm³/mol. The molecule has 3 rings (SSSR count). The number of carbonyl (C=O) groups is 2. The van der Waals surface area contributed by atoms with Crippen molar-refractivity contribution in [3.05, 3.63) is 33.5 Å². The van der Waals surface area contributed by atoms with E-state index in [1.807, 2.05) is 0 Å². The number of hydrogen-bond acceptors (Lipinski definition) is 7. The van der Waals surface area contributed by atoms with Gasteiger partial charge in [0, 0.05) is 10.9 Å². The van der Waals surface area contributed by atoms with Crippen molar-refractivity contribution in [3.8, 4) is 6.07 Å². The molecular formula is C20H23N3O4S. The molecule has 0 aliphatic heterocycles. The van der Waals surface area contributed by atoms with Gasteiger partial charge in [0.15, 0.2) is 6.61 Å². The predicted octanol–water partition coefficient (Wildman–Crippen LogP) is 3.86. The summed E-state index contributed by atoms with van der Waals surface area (Å²) in [6, 6.07) is 3.66. The topological polar surface area (TPSA) is 105 Å². The van der Waals surface area contributed by atoms with Crippen LogP contribution in [-0.4, -0.2) is 23.6 Å². The third-order valence-corrected chi connectivity index (χ3v) is 6.19. The minimum atomic E-state index is -0.755. The number of nitrogens with one attached hydrogen (secondary N) is 1. The van der Waals surface area contributed by atoms with E-state index in [9.17, 15) is 14.9 Å². The summed E-state index contributed by atoms with van der Waals surface area (Å²) in [7, 11) is 0. The largest absolute Gasteiger partial charge is 0.450 e. The molecule has 1 aliphatic rings. The van der Waals surface area contributed by atoms with Crippen LogP contribution in [-0.2, 0) is 22.4 Å². The number of hydrogen-bond donors (Lipinski definition) is 1. The molecule has 0 saturated carbocycles. The van der Waals surface area contributed by atoms with Crippen molar-refractivity contribution in [2.45, 2.75) is 47.0 Å². The molecule has 2 aromatic rings. The Morgan fingerprint density at radius 1 is 1.46 bits per heavy atom. The number of rotatable bonds is 4. The number of esters is 1. The lowest BCUT2D eigenvalue weighted by atomic mass is 9.72. The molecular weight excluding hydrogens is 378 g/mol. The monoisotopic (exact) mass is 401 g/mol. The lowest BCUT2D eigenvalue weighted by Gasteiger charge is -2.33. The zero-order valence-electron chi connectivity index (χ0n) is 16.4. The minimum Gasteiger partial charge on any atom is -0.450 e. The Bertz CT molecular complexity index is 946. The lowest BCUT2D eigenvalue weighted by molar-refractivity contribution is -0.119. The second-order valence-corrected chi connectivity index (χ2v) is 9.19. The standard InChI is InChI=1S/C20H23N3O4S/c1-11-7-15(27-23-11)19(25)26-10-17(24)22-18-14(9-21)13-6-5-12(20(2,3)4)8-16(13)28-18/h7,12H,5-6,8,10H2,1-4H3,(H,22,24)/t12-/m1/s1. The smallest absolute Gasteiger partial charge is 0.377 e. The number of thiophene rings is 1. The van der Waals surface area contributed by atoms with Gasteiger partial charge in [-0.2, -0.15) is 5.26 Å². The number of carbonyl (C=O) groups excluding carboxylic acids is 2. The first-order valence-electron chi connectivity index (χ1n) is 9.14. The Balaban J connectivity index is 1.66. The number of amides is 1. The van der Waals surface area contributed by atoms with Crippen LogP contribution in [0.15, 0.2) is 10.6 Å². The van der Waals surface area contributed by atoms with E-state index in [4.69, 9.17) is 9.26 Å². The third kappa shape index (κ3) is 4.25. The van der Waals surface area contributed by atoms with Crippen LogP contribution in [0.3, 0.4) is 0 Å². The first kappa shape index (κ1) is 20.1. The van der Waals surface area contributed by atoms with Gasteiger partial charge in [0.1, 0.15) is 11.1 Å². The van der Waals surface area contributed by atoms with Crippen molar-refractivity contribution < 1.29 is 18.8 Å². The number of fused-ring (bicyclic) bond motifs is 1. The summed E-state index contributed by atoms with van der Waals surface area (Å²) in [6.45, 7) is 7.91. The Morgan fingerprint density at radius 2 is 2.21 bits per heavy atom. The molecule has 28 heavy (non-hydrogen) atoms. The van der Waals surface area contributed by atoms with Gasteiger partial charge in [0.05, 0.1) is 11.3 Å². The molecule has 0 unspecified atom stereocenters. The molecule has 0 aromatic carbocycles. The fraction of sp³-hybridized carbons (Fsp3) is 0.500. The van der Waals surface area contributed by atoms with Crippen molar-refractivity contribution in [3.63, 3.8) is 0 Å². The number of ether oxygens (including phenoxy) is 1. The Labute approximate surface area is 167 Å². The molecule has 1 N–H and O–H groups in total. The maximum absolute atomic E-state index is 12.2. The van der Waals surface area contributed by atoms with Crippen LogP contribution >= 0.6 is 11.3 Å².